The minimum atomic E-state index is -4.38. The molecule has 0 atom stereocenters. The highest BCUT2D eigenvalue weighted by atomic mass is 35.5. The van der Waals surface area contributed by atoms with E-state index >= 15 is 0 Å². The van der Waals surface area contributed by atoms with Crippen LogP contribution in [0.1, 0.15) is 18.4 Å². The normalized spacial score (nSPS) is 15.8. The van der Waals surface area contributed by atoms with Crippen LogP contribution in [-0.2, 0) is 5.88 Å². The molecule has 2 rings (SSSR count). The van der Waals surface area contributed by atoms with Gasteiger partial charge < -0.3 is 4.90 Å². The first-order valence-corrected chi connectivity index (χ1v) is 5.98. The van der Waals surface area contributed by atoms with Crippen molar-refractivity contribution in [3.8, 4) is 0 Å². The summed E-state index contributed by atoms with van der Waals surface area (Å²) in [7, 11) is 0. The largest absolute Gasteiger partial charge is 0.405 e. The maximum absolute atomic E-state index is 13.9. The fourth-order valence-corrected chi connectivity index (χ4v) is 1.94. The number of aromatic nitrogens is 1. The molecule has 2 nitrogen and oxygen atoms in total. The van der Waals surface area contributed by atoms with Gasteiger partial charge in [0.25, 0.3) is 0 Å². The van der Waals surface area contributed by atoms with Crippen molar-refractivity contribution in [2.45, 2.75) is 30.9 Å². The Balaban J connectivity index is 2.31. The van der Waals surface area contributed by atoms with Gasteiger partial charge in [-0.05, 0) is 18.9 Å². The van der Waals surface area contributed by atoms with Crippen LogP contribution in [0.3, 0.4) is 0 Å². The maximum Gasteiger partial charge on any atom is 0.405 e. The monoisotopic (exact) mass is 282 g/mol. The molecule has 100 valence electrons. The Labute approximate surface area is 107 Å². The molecule has 0 N–H and O–H groups in total. The second-order valence-corrected chi connectivity index (χ2v) is 4.48. The van der Waals surface area contributed by atoms with Gasteiger partial charge in [0, 0.05) is 17.8 Å². The molecule has 1 aliphatic rings. The fourth-order valence-electron chi connectivity index (χ4n) is 1.73. The van der Waals surface area contributed by atoms with Gasteiger partial charge in [-0.2, -0.15) is 13.2 Å². The minimum Gasteiger partial charge on any atom is -0.342 e. The van der Waals surface area contributed by atoms with E-state index in [1.165, 1.54) is 12.3 Å². The topological polar surface area (TPSA) is 16.1 Å². The van der Waals surface area contributed by atoms with E-state index < -0.39 is 18.5 Å². The number of hydrogen-bond acceptors (Lipinski definition) is 2. The smallest absolute Gasteiger partial charge is 0.342 e. The van der Waals surface area contributed by atoms with Gasteiger partial charge in [0.05, 0.1) is 5.88 Å². The molecule has 0 aromatic carbocycles. The van der Waals surface area contributed by atoms with Gasteiger partial charge in [-0.25, -0.2) is 9.37 Å². The quantitative estimate of drug-likeness (QED) is 0.621. The minimum absolute atomic E-state index is 0.0914. The molecule has 0 saturated heterocycles. The summed E-state index contributed by atoms with van der Waals surface area (Å²) in [5, 5.41) is 0. The second kappa shape index (κ2) is 4.91. The SMILES string of the molecule is Fc1c(CCl)ccnc1N(CC(F)(F)F)C1CC1. The van der Waals surface area contributed by atoms with E-state index in [9.17, 15) is 17.6 Å². The second-order valence-electron chi connectivity index (χ2n) is 4.22. The van der Waals surface area contributed by atoms with Gasteiger partial charge in [-0.1, -0.05) is 0 Å². The van der Waals surface area contributed by atoms with Crippen molar-refractivity contribution in [3.05, 3.63) is 23.6 Å². The Kier molecular flexibility index (Phi) is 3.66. The molecule has 1 fully saturated rings. The summed E-state index contributed by atoms with van der Waals surface area (Å²) < 4.78 is 51.4. The lowest BCUT2D eigenvalue weighted by Gasteiger charge is -2.25. The molecule has 1 heterocycles. The highest BCUT2D eigenvalue weighted by Crippen LogP contribution is 2.35. The van der Waals surface area contributed by atoms with Crippen molar-refractivity contribution in [3.63, 3.8) is 0 Å². The first kappa shape index (κ1) is 13.4. The molecule has 1 aliphatic carbocycles. The molecular weight excluding hydrogens is 272 g/mol. The lowest BCUT2D eigenvalue weighted by molar-refractivity contribution is -0.120. The Hall–Kier alpha value is -1.04. The summed E-state index contributed by atoms with van der Waals surface area (Å²) >= 11 is 5.53. The van der Waals surface area contributed by atoms with Gasteiger partial charge in [0.1, 0.15) is 6.54 Å². The molecule has 0 bridgehead atoms. The Morgan fingerprint density at radius 3 is 2.56 bits per heavy atom. The average Bonchev–Trinajstić information content (AvgIpc) is 3.09. The molecule has 0 amide bonds. The van der Waals surface area contributed by atoms with Crippen LogP contribution in [0.15, 0.2) is 12.3 Å². The lowest BCUT2D eigenvalue weighted by atomic mass is 10.2. The number of anilines is 1. The van der Waals surface area contributed by atoms with Gasteiger partial charge in [-0.3, -0.25) is 0 Å². The third-order valence-corrected chi connectivity index (χ3v) is 2.99. The molecular formula is C11H11ClF4N2. The van der Waals surface area contributed by atoms with Crippen LogP contribution in [0.2, 0.25) is 0 Å². The van der Waals surface area contributed by atoms with E-state index in [4.69, 9.17) is 11.6 Å². The summed E-state index contributed by atoms with van der Waals surface area (Å²) in [5.41, 5.74) is 0.162. The molecule has 0 radical (unpaired) electrons. The van der Waals surface area contributed by atoms with Crippen LogP contribution in [0.5, 0.6) is 0 Å². The van der Waals surface area contributed by atoms with E-state index in [1.807, 2.05) is 0 Å². The van der Waals surface area contributed by atoms with E-state index in [0.29, 0.717) is 12.8 Å². The standard InChI is InChI=1S/C11H11ClF4N2/c12-5-7-3-4-17-10(9(7)13)18(8-1-2-8)6-11(14,15)16/h3-4,8H,1-2,5-6H2. The van der Waals surface area contributed by atoms with Crippen molar-refractivity contribution in [2.24, 2.45) is 0 Å². The first-order chi connectivity index (χ1) is 8.42. The Bertz CT molecular complexity index is 432. The van der Waals surface area contributed by atoms with Crippen LogP contribution < -0.4 is 4.90 Å². The average molecular weight is 283 g/mol. The Morgan fingerprint density at radius 1 is 1.39 bits per heavy atom. The summed E-state index contributed by atoms with van der Waals surface area (Å²) in [6.45, 7) is -1.19. The predicted molar refractivity (Wildman–Crippen MR) is 60.2 cm³/mol. The van der Waals surface area contributed by atoms with Crippen LogP contribution >= 0.6 is 11.6 Å². The summed E-state index contributed by atoms with van der Waals surface area (Å²) in [4.78, 5) is 4.70. The van der Waals surface area contributed by atoms with E-state index in [0.717, 1.165) is 4.90 Å². The zero-order chi connectivity index (χ0) is 13.3. The third kappa shape index (κ3) is 3.04. The predicted octanol–water partition coefficient (Wildman–Crippen LogP) is 3.49. The third-order valence-electron chi connectivity index (χ3n) is 2.70. The van der Waals surface area contributed by atoms with Crippen LogP contribution in [0.4, 0.5) is 23.4 Å². The van der Waals surface area contributed by atoms with E-state index in [-0.39, 0.29) is 23.3 Å². The number of nitrogens with zero attached hydrogens (tertiary/aromatic N) is 2. The van der Waals surface area contributed by atoms with Crippen LogP contribution in [-0.4, -0.2) is 23.7 Å². The molecule has 1 aromatic heterocycles. The van der Waals surface area contributed by atoms with Gasteiger partial charge in [0.2, 0.25) is 0 Å². The van der Waals surface area contributed by atoms with E-state index in [2.05, 4.69) is 4.98 Å². The highest BCUT2D eigenvalue weighted by molar-refractivity contribution is 6.17. The van der Waals surface area contributed by atoms with Crippen LogP contribution in [0, 0.1) is 5.82 Å². The van der Waals surface area contributed by atoms with Crippen LogP contribution in [0.25, 0.3) is 0 Å². The molecule has 18 heavy (non-hydrogen) atoms. The zero-order valence-electron chi connectivity index (χ0n) is 9.34. The lowest BCUT2D eigenvalue weighted by Crippen LogP contribution is -2.37. The number of hydrogen-bond donors (Lipinski definition) is 0. The number of alkyl halides is 4. The number of rotatable bonds is 4. The van der Waals surface area contributed by atoms with Crippen molar-refractivity contribution in [2.75, 3.05) is 11.4 Å². The van der Waals surface area contributed by atoms with Crippen molar-refractivity contribution < 1.29 is 17.6 Å². The fraction of sp³-hybridized carbons (Fsp3) is 0.545. The molecule has 0 aliphatic heterocycles. The summed E-state index contributed by atoms with van der Waals surface area (Å²) in [6, 6.07) is 1.09. The molecule has 1 saturated carbocycles. The maximum atomic E-state index is 13.9. The van der Waals surface area contributed by atoms with Gasteiger partial charge in [-0.15, -0.1) is 11.6 Å². The van der Waals surface area contributed by atoms with Crippen molar-refractivity contribution >= 4 is 17.4 Å². The zero-order valence-corrected chi connectivity index (χ0v) is 10.1. The highest BCUT2D eigenvalue weighted by Gasteiger charge is 2.40. The molecule has 1 aromatic rings. The van der Waals surface area contributed by atoms with Gasteiger partial charge in [0.15, 0.2) is 11.6 Å². The first-order valence-electron chi connectivity index (χ1n) is 5.45. The molecule has 7 heteroatoms. The summed E-state index contributed by atoms with van der Waals surface area (Å²) in [5.74, 6) is -1.11. The van der Waals surface area contributed by atoms with Gasteiger partial charge >= 0.3 is 6.18 Å². The number of halogens is 5. The van der Waals surface area contributed by atoms with Crippen molar-refractivity contribution in [1.29, 1.82) is 0 Å². The molecule has 0 spiro atoms. The van der Waals surface area contributed by atoms with Crippen molar-refractivity contribution in [1.82, 2.24) is 4.98 Å². The number of pyridine rings is 1. The Morgan fingerprint density at radius 2 is 2.06 bits per heavy atom. The van der Waals surface area contributed by atoms with E-state index in [1.54, 1.807) is 0 Å². The summed E-state index contributed by atoms with van der Waals surface area (Å²) in [6.07, 6.45) is -1.85. The molecule has 0 unspecified atom stereocenters.